The number of aryl methyl sites for hydroxylation is 1. The van der Waals surface area contributed by atoms with Crippen LogP contribution < -0.4 is 5.73 Å². The zero-order chi connectivity index (χ0) is 12.5. The Balaban J connectivity index is 0.00000162. The highest BCUT2D eigenvalue weighted by atomic mass is 32.2. The second-order valence-electron chi connectivity index (χ2n) is 4.55. The van der Waals surface area contributed by atoms with E-state index >= 15 is 0 Å². The summed E-state index contributed by atoms with van der Waals surface area (Å²) in [6.07, 6.45) is 1.48. The molecule has 2 N–H and O–H groups in total. The first-order valence-corrected chi connectivity index (χ1v) is 7.26. The number of nitrogens with zero attached hydrogens (tertiary/aromatic N) is 1. The van der Waals surface area contributed by atoms with E-state index in [4.69, 9.17) is 5.73 Å². The summed E-state index contributed by atoms with van der Waals surface area (Å²) >= 11 is 0. The van der Waals surface area contributed by atoms with Crippen LogP contribution in [0.4, 0.5) is 0 Å². The molecule has 1 aromatic carbocycles. The van der Waals surface area contributed by atoms with Gasteiger partial charge in [0.15, 0.2) is 0 Å². The molecular weight excluding hydrogens is 248 g/mol. The highest BCUT2D eigenvalue weighted by Crippen LogP contribution is 2.20. The van der Waals surface area contributed by atoms with Gasteiger partial charge in [-0.1, -0.05) is 25.1 Å². The van der Waals surface area contributed by atoms with Crippen molar-refractivity contribution in [2.45, 2.75) is 38.1 Å². The van der Waals surface area contributed by atoms with Crippen LogP contribution in [0.15, 0.2) is 29.2 Å². The summed E-state index contributed by atoms with van der Waals surface area (Å²) in [5.74, 6) is 0. The lowest BCUT2D eigenvalue weighted by molar-refractivity contribution is 0.320. The molecule has 1 fully saturated rings. The van der Waals surface area contributed by atoms with Crippen molar-refractivity contribution in [2.75, 3.05) is 13.1 Å². The topological polar surface area (TPSA) is 63.4 Å². The molecule has 0 atom stereocenters. The first kappa shape index (κ1) is 15.1. The van der Waals surface area contributed by atoms with E-state index in [1.165, 1.54) is 4.31 Å². The summed E-state index contributed by atoms with van der Waals surface area (Å²) in [4.78, 5) is 0.374. The Hall–Kier alpha value is -0.910. The number of benzene rings is 1. The molecular formula is C13H22N2O2S. The van der Waals surface area contributed by atoms with Crippen LogP contribution in [0, 0.1) is 6.92 Å². The number of rotatable bonds is 2. The molecule has 102 valence electrons. The number of piperidine rings is 1. The minimum absolute atomic E-state index is 0. The second-order valence-corrected chi connectivity index (χ2v) is 6.49. The SMILES string of the molecule is C.Cc1ccc(S(=O)(=O)N2CCC(N)CC2)cc1. The van der Waals surface area contributed by atoms with Crippen molar-refractivity contribution in [3.05, 3.63) is 29.8 Å². The number of hydrogen-bond acceptors (Lipinski definition) is 3. The highest BCUT2D eigenvalue weighted by Gasteiger charge is 2.27. The summed E-state index contributed by atoms with van der Waals surface area (Å²) in [5.41, 5.74) is 6.84. The Bertz CT molecular complexity index is 474. The summed E-state index contributed by atoms with van der Waals surface area (Å²) in [7, 11) is -3.32. The van der Waals surface area contributed by atoms with Gasteiger partial charge in [0.2, 0.25) is 10.0 Å². The highest BCUT2D eigenvalue weighted by molar-refractivity contribution is 7.89. The van der Waals surface area contributed by atoms with Gasteiger partial charge in [-0.15, -0.1) is 0 Å². The van der Waals surface area contributed by atoms with Gasteiger partial charge in [0.05, 0.1) is 4.90 Å². The van der Waals surface area contributed by atoms with Crippen LogP contribution in [0.2, 0.25) is 0 Å². The lowest BCUT2D eigenvalue weighted by Gasteiger charge is -2.29. The van der Waals surface area contributed by atoms with Gasteiger partial charge in [0, 0.05) is 19.1 Å². The zero-order valence-corrected chi connectivity index (χ0v) is 10.8. The average molecular weight is 270 g/mol. The van der Waals surface area contributed by atoms with Crippen molar-refractivity contribution >= 4 is 10.0 Å². The Morgan fingerprint density at radius 2 is 1.67 bits per heavy atom. The van der Waals surface area contributed by atoms with Gasteiger partial charge >= 0.3 is 0 Å². The van der Waals surface area contributed by atoms with Gasteiger partial charge in [0.25, 0.3) is 0 Å². The summed E-state index contributed by atoms with van der Waals surface area (Å²) in [5, 5.41) is 0. The molecule has 1 aliphatic rings. The maximum atomic E-state index is 12.3. The van der Waals surface area contributed by atoms with E-state index in [1.807, 2.05) is 19.1 Å². The molecule has 1 saturated heterocycles. The standard InChI is InChI=1S/C12H18N2O2S.CH4/c1-10-2-4-12(5-3-10)17(15,16)14-8-6-11(13)7-9-14;/h2-5,11H,6-9,13H2,1H3;1H4. The Labute approximate surface area is 110 Å². The van der Waals surface area contributed by atoms with Crippen molar-refractivity contribution in [1.82, 2.24) is 4.31 Å². The van der Waals surface area contributed by atoms with E-state index in [1.54, 1.807) is 12.1 Å². The van der Waals surface area contributed by atoms with Crippen molar-refractivity contribution < 1.29 is 8.42 Å². The molecule has 0 saturated carbocycles. The van der Waals surface area contributed by atoms with Crippen LogP contribution >= 0.6 is 0 Å². The maximum Gasteiger partial charge on any atom is 0.243 e. The van der Waals surface area contributed by atoms with Crippen molar-refractivity contribution in [3.63, 3.8) is 0 Å². The van der Waals surface area contributed by atoms with Crippen LogP contribution in [0.5, 0.6) is 0 Å². The Morgan fingerprint density at radius 1 is 1.17 bits per heavy atom. The fourth-order valence-corrected chi connectivity index (χ4v) is 3.45. The molecule has 0 spiro atoms. The van der Waals surface area contributed by atoms with Crippen LogP contribution in [0.25, 0.3) is 0 Å². The van der Waals surface area contributed by atoms with Crippen LogP contribution in [0.3, 0.4) is 0 Å². The first-order chi connectivity index (χ1) is 8.00. The summed E-state index contributed by atoms with van der Waals surface area (Å²) in [6, 6.07) is 7.11. The molecule has 2 rings (SSSR count). The van der Waals surface area contributed by atoms with E-state index in [0.29, 0.717) is 18.0 Å². The molecule has 0 unspecified atom stereocenters. The zero-order valence-electron chi connectivity index (χ0n) is 9.96. The minimum atomic E-state index is -3.32. The maximum absolute atomic E-state index is 12.3. The molecule has 0 bridgehead atoms. The molecule has 0 aliphatic carbocycles. The molecule has 1 heterocycles. The van der Waals surface area contributed by atoms with Crippen LogP contribution in [0.1, 0.15) is 25.8 Å². The number of hydrogen-bond donors (Lipinski definition) is 1. The largest absolute Gasteiger partial charge is 0.328 e. The lowest BCUT2D eigenvalue weighted by atomic mass is 10.1. The molecule has 1 aliphatic heterocycles. The smallest absolute Gasteiger partial charge is 0.243 e. The third-order valence-electron chi connectivity index (χ3n) is 3.16. The predicted octanol–water partition coefficient (Wildman–Crippen LogP) is 1.74. The van der Waals surface area contributed by atoms with E-state index in [9.17, 15) is 8.42 Å². The minimum Gasteiger partial charge on any atom is -0.328 e. The molecule has 1 aromatic rings. The number of sulfonamides is 1. The van der Waals surface area contributed by atoms with Gasteiger partial charge in [0.1, 0.15) is 0 Å². The third-order valence-corrected chi connectivity index (χ3v) is 5.07. The van der Waals surface area contributed by atoms with Crippen molar-refractivity contribution in [3.8, 4) is 0 Å². The van der Waals surface area contributed by atoms with Gasteiger partial charge in [-0.3, -0.25) is 0 Å². The predicted molar refractivity (Wildman–Crippen MR) is 73.9 cm³/mol. The number of nitrogens with two attached hydrogens (primary N) is 1. The second kappa shape index (κ2) is 5.82. The molecule has 0 radical (unpaired) electrons. The van der Waals surface area contributed by atoms with E-state index in [0.717, 1.165) is 18.4 Å². The monoisotopic (exact) mass is 270 g/mol. The van der Waals surface area contributed by atoms with Crippen molar-refractivity contribution in [2.24, 2.45) is 5.73 Å². The molecule has 5 heteroatoms. The average Bonchev–Trinajstić information content (AvgIpc) is 2.30. The van der Waals surface area contributed by atoms with Gasteiger partial charge in [-0.25, -0.2) is 8.42 Å². The van der Waals surface area contributed by atoms with E-state index in [2.05, 4.69) is 0 Å². The molecule has 18 heavy (non-hydrogen) atoms. The van der Waals surface area contributed by atoms with Crippen LogP contribution in [-0.2, 0) is 10.0 Å². The molecule has 0 aromatic heterocycles. The first-order valence-electron chi connectivity index (χ1n) is 5.82. The van der Waals surface area contributed by atoms with E-state index in [-0.39, 0.29) is 13.5 Å². The quantitative estimate of drug-likeness (QED) is 0.890. The van der Waals surface area contributed by atoms with E-state index < -0.39 is 10.0 Å². The normalized spacial score (nSPS) is 18.3. The third kappa shape index (κ3) is 3.10. The molecule has 0 amide bonds. The van der Waals surface area contributed by atoms with Gasteiger partial charge in [-0.2, -0.15) is 4.31 Å². The fourth-order valence-electron chi connectivity index (χ4n) is 1.98. The Kier molecular flexibility index (Phi) is 4.90. The van der Waals surface area contributed by atoms with Crippen molar-refractivity contribution in [1.29, 1.82) is 0 Å². The van der Waals surface area contributed by atoms with Gasteiger partial charge in [-0.05, 0) is 31.9 Å². The summed E-state index contributed by atoms with van der Waals surface area (Å²) in [6.45, 7) is 2.99. The Morgan fingerprint density at radius 3 is 2.17 bits per heavy atom. The summed E-state index contributed by atoms with van der Waals surface area (Å²) < 4.78 is 26.1. The lowest BCUT2D eigenvalue weighted by Crippen LogP contribution is -2.42. The fraction of sp³-hybridized carbons (Fsp3) is 0.538. The van der Waals surface area contributed by atoms with Crippen LogP contribution in [-0.4, -0.2) is 31.9 Å². The molecule has 4 nitrogen and oxygen atoms in total. The van der Waals surface area contributed by atoms with Gasteiger partial charge < -0.3 is 5.73 Å².